The molecule has 0 fully saturated rings. The first kappa shape index (κ1) is 14.5. The van der Waals surface area contributed by atoms with Gasteiger partial charge in [0.25, 0.3) is 0 Å². The van der Waals surface area contributed by atoms with Crippen molar-refractivity contribution in [1.82, 2.24) is 0 Å². The van der Waals surface area contributed by atoms with Crippen LogP contribution in [0.2, 0.25) is 0 Å². The number of ether oxygens (including phenoxy) is 1. The van der Waals surface area contributed by atoms with E-state index in [1.54, 1.807) is 19.1 Å². The van der Waals surface area contributed by atoms with E-state index in [0.29, 0.717) is 0 Å². The van der Waals surface area contributed by atoms with E-state index in [1.807, 2.05) is 0 Å². The van der Waals surface area contributed by atoms with Crippen LogP contribution in [-0.4, -0.2) is 23.8 Å². The fourth-order valence-electron chi connectivity index (χ4n) is 1.97. The number of hydrogen-bond donors (Lipinski definition) is 2. The van der Waals surface area contributed by atoms with Crippen molar-refractivity contribution < 1.29 is 23.6 Å². The van der Waals surface area contributed by atoms with Gasteiger partial charge in [-0.1, -0.05) is 24.3 Å². The molecule has 6 heteroatoms. The van der Waals surface area contributed by atoms with E-state index in [4.69, 9.17) is 4.74 Å². The highest BCUT2D eigenvalue weighted by atomic mass is 19.2. The Morgan fingerprint density at radius 1 is 1.00 bits per heavy atom. The minimum absolute atomic E-state index is 0.0466. The second-order valence-electron chi connectivity index (χ2n) is 4.13. The van der Waals surface area contributed by atoms with Crippen LogP contribution in [0.15, 0.2) is 36.4 Å². The minimum Gasteiger partial charge on any atom is -0.491 e. The van der Waals surface area contributed by atoms with E-state index in [0.717, 1.165) is 0 Å². The summed E-state index contributed by atoms with van der Waals surface area (Å²) in [4.78, 5) is 0. The molecule has 0 unspecified atom stereocenters. The summed E-state index contributed by atoms with van der Waals surface area (Å²) in [6.07, 6.45) is 0. The maximum absolute atomic E-state index is 14.1. The first-order valence-electron chi connectivity index (χ1n) is 6.12. The van der Waals surface area contributed by atoms with Crippen molar-refractivity contribution in [3.8, 4) is 16.9 Å². The zero-order chi connectivity index (χ0) is 14.7. The maximum atomic E-state index is 14.1. The van der Waals surface area contributed by atoms with Gasteiger partial charge < -0.3 is 14.8 Å². The highest BCUT2D eigenvalue weighted by molar-refractivity contribution is 6.60. The van der Waals surface area contributed by atoms with Crippen LogP contribution < -0.4 is 10.2 Å². The Bertz CT molecular complexity index is 617. The third kappa shape index (κ3) is 2.66. The summed E-state index contributed by atoms with van der Waals surface area (Å²) in [6, 6.07) is 8.79. The van der Waals surface area contributed by atoms with E-state index in [-0.39, 0.29) is 28.9 Å². The van der Waals surface area contributed by atoms with E-state index in [9.17, 15) is 18.8 Å². The van der Waals surface area contributed by atoms with Crippen molar-refractivity contribution >= 4 is 12.6 Å². The second kappa shape index (κ2) is 6.03. The van der Waals surface area contributed by atoms with Crippen LogP contribution in [0, 0.1) is 11.6 Å². The van der Waals surface area contributed by atoms with Crippen molar-refractivity contribution in [3.05, 3.63) is 48.0 Å². The van der Waals surface area contributed by atoms with Gasteiger partial charge in [-0.25, -0.2) is 4.39 Å². The lowest BCUT2D eigenvalue weighted by Gasteiger charge is -2.12. The molecule has 3 nitrogen and oxygen atoms in total. The summed E-state index contributed by atoms with van der Waals surface area (Å²) in [6.45, 7) is 1.89. The van der Waals surface area contributed by atoms with Gasteiger partial charge in [-0.3, -0.25) is 0 Å². The first-order chi connectivity index (χ1) is 9.56. The van der Waals surface area contributed by atoms with Crippen LogP contribution in [0.4, 0.5) is 8.78 Å². The zero-order valence-corrected chi connectivity index (χ0v) is 10.8. The molecule has 0 saturated carbocycles. The lowest BCUT2D eigenvalue weighted by molar-refractivity contribution is 0.314. The summed E-state index contributed by atoms with van der Waals surface area (Å²) in [5.41, 5.74) is 0.284. The fourth-order valence-corrected chi connectivity index (χ4v) is 1.97. The van der Waals surface area contributed by atoms with Crippen molar-refractivity contribution in [3.63, 3.8) is 0 Å². The van der Waals surface area contributed by atoms with Gasteiger partial charge in [0.1, 0.15) is 0 Å². The average molecular weight is 278 g/mol. The summed E-state index contributed by atoms with van der Waals surface area (Å²) >= 11 is 0. The Morgan fingerprint density at radius 3 is 2.35 bits per heavy atom. The lowest BCUT2D eigenvalue weighted by Crippen LogP contribution is -2.31. The van der Waals surface area contributed by atoms with E-state index in [2.05, 4.69) is 0 Å². The van der Waals surface area contributed by atoms with Gasteiger partial charge >= 0.3 is 7.12 Å². The number of benzene rings is 2. The normalized spacial score (nSPS) is 10.4. The molecule has 2 aromatic carbocycles. The summed E-state index contributed by atoms with van der Waals surface area (Å²) in [5, 5.41) is 18.6. The standard InChI is InChI=1S/C14H13BF2O3/c1-2-20-12-8-7-10(13(16)14(12)17)9-5-3-4-6-11(9)15(18)19/h3-8,18-19H,2H2,1H3. The minimum atomic E-state index is -1.76. The molecule has 0 radical (unpaired) electrons. The summed E-state index contributed by atoms with van der Waals surface area (Å²) in [7, 11) is -1.76. The molecule has 2 aromatic rings. The van der Waals surface area contributed by atoms with Crippen LogP contribution in [-0.2, 0) is 0 Å². The molecule has 2 N–H and O–H groups in total. The van der Waals surface area contributed by atoms with Crippen LogP contribution in [0.1, 0.15) is 6.92 Å². The van der Waals surface area contributed by atoms with Crippen molar-refractivity contribution in [1.29, 1.82) is 0 Å². The lowest BCUT2D eigenvalue weighted by atomic mass is 9.75. The molecular formula is C14H13BF2O3. The summed E-state index contributed by atoms with van der Waals surface area (Å²) in [5.74, 6) is -2.34. The molecule has 0 aliphatic rings. The van der Waals surface area contributed by atoms with Crippen molar-refractivity contribution in [2.45, 2.75) is 6.92 Å². The molecule has 20 heavy (non-hydrogen) atoms. The smallest absolute Gasteiger partial charge is 0.489 e. The number of rotatable bonds is 4. The molecule has 0 bridgehead atoms. The highest BCUT2D eigenvalue weighted by Crippen LogP contribution is 2.29. The van der Waals surface area contributed by atoms with Gasteiger partial charge in [0.05, 0.1) is 6.61 Å². The zero-order valence-electron chi connectivity index (χ0n) is 10.8. The van der Waals surface area contributed by atoms with E-state index < -0.39 is 18.8 Å². The number of hydrogen-bond acceptors (Lipinski definition) is 3. The van der Waals surface area contributed by atoms with Gasteiger partial charge in [-0.15, -0.1) is 0 Å². The SMILES string of the molecule is CCOc1ccc(-c2ccccc2B(O)O)c(F)c1F. The molecular weight excluding hydrogens is 265 g/mol. The van der Waals surface area contributed by atoms with Crippen LogP contribution in [0.5, 0.6) is 5.75 Å². The Morgan fingerprint density at radius 2 is 1.70 bits per heavy atom. The van der Waals surface area contributed by atoms with Gasteiger partial charge in [0, 0.05) is 5.56 Å². The fraction of sp³-hybridized carbons (Fsp3) is 0.143. The van der Waals surface area contributed by atoms with Gasteiger partial charge in [-0.05, 0) is 30.1 Å². The van der Waals surface area contributed by atoms with Crippen molar-refractivity contribution in [2.24, 2.45) is 0 Å². The monoisotopic (exact) mass is 278 g/mol. The molecule has 104 valence electrons. The van der Waals surface area contributed by atoms with Gasteiger partial charge in [-0.2, -0.15) is 4.39 Å². The van der Waals surface area contributed by atoms with Crippen molar-refractivity contribution in [2.75, 3.05) is 6.61 Å². The van der Waals surface area contributed by atoms with E-state index in [1.165, 1.54) is 24.3 Å². The summed E-state index contributed by atoms with van der Waals surface area (Å²) < 4.78 is 32.9. The molecule has 0 aliphatic heterocycles. The van der Waals surface area contributed by atoms with Gasteiger partial charge in [0.15, 0.2) is 11.6 Å². The molecule has 0 heterocycles. The van der Waals surface area contributed by atoms with Crippen LogP contribution in [0.3, 0.4) is 0 Å². The Balaban J connectivity index is 2.57. The Labute approximate surface area is 115 Å². The highest BCUT2D eigenvalue weighted by Gasteiger charge is 2.21. The molecule has 0 spiro atoms. The largest absolute Gasteiger partial charge is 0.491 e. The molecule has 0 amide bonds. The Kier molecular flexibility index (Phi) is 4.37. The maximum Gasteiger partial charge on any atom is 0.489 e. The Hall–Kier alpha value is -1.92. The predicted molar refractivity (Wildman–Crippen MR) is 72.8 cm³/mol. The molecule has 0 atom stereocenters. The van der Waals surface area contributed by atoms with Crippen LogP contribution >= 0.6 is 0 Å². The third-order valence-corrected chi connectivity index (χ3v) is 2.88. The van der Waals surface area contributed by atoms with Crippen LogP contribution in [0.25, 0.3) is 11.1 Å². The molecule has 2 rings (SSSR count). The average Bonchev–Trinajstić information content (AvgIpc) is 2.44. The predicted octanol–water partition coefficient (Wildman–Crippen LogP) is 1.71. The molecule has 0 saturated heterocycles. The molecule has 0 aliphatic carbocycles. The topological polar surface area (TPSA) is 49.7 Å². The molecule has 0 aromatic heterocycles. The number of halogens is 2. The first-order valence-corrected chi connectivity index (χ1v) is 6.12. The van der Waals surface area contributed by atoms with E-state index >= 15 is 0 Å². The second-order valence-corrected chi connectivity index (χ2v) is 4.13. The third-order valence-electron chi connectivity index (χ3n) is 2.88. The van der Waals surface area contributed by atoms with Gasteiger partial charge in [0.2, 0.25) is 5.82 Å². The quantitative estimate of drug-likeness (QED) is 0.837.